The van der Waals surface area contributed by atoms with Gasteiger partial charge in [0.1, 0.15) is 0 Å². The van der Waals surface area contributed by atoms with Gasteiger partial charge in [0.05, 0.1) is 4.88 Å². The summed E-state index contributed by atoms with van der Waals surface area (Å²) in [5, 5.41) is 0. The zero-order valence-electron chi connectivity index (χ0n) is 9.50. The Labute approximate surface area is 103 Å². The fraction of sp³-hybridized carbons (Fsp3) is 0.545. The Kier molecular flexibility index (Phi) is 4.49. The molecule has 0 saturated heterocycles. The lowest BCUT2D eigenvalue weighted by Gasteiger charge is -2.14. The van der Waals surface area contributed by atoms with Crippen LogP contribution in [0.1, 0.15) is 21.5 Å². The van der Waals surface area contributed by atoms with Crippen LogP contribution >= 0.6 is 27.3 Å². The molecule has 1 rings (SSSR count). The molecule has 2 nitrogen and oxygen atoms in total. The lowest BCUT2D eigenvalue weighted by atomic mass is 10.1. The van der Waals surface area contributed by atoms with Crippen LogP contribution < -0.4 is 0 Å². The summed E-state index contributed by atoms with van der Waals surface area (Å²) in [5.41, 5.74) is 0. The van der Waals surface area contributed by atoms with E-state index in [0.717, 1.165) is 20.8 Å². The second kappa shape index (κ2) is 5.23. The molecule has 0 aliphatic rings. The second-order valence-electron chi connectivity index (χ2n) is 4.04. The van der Waals surface area contributed by atoms with Crippen molar-refractivity contribution in [2.75, 3.05) is 20.6 Å². The van der Waals surface area contributed by atoms with Crippen molar-refractivity contribution >= 4 is 33.0 Å². The van der Waals surface area contributed by atoms with Crippen LogP contribution in [0.4, 0.5) is 0 Å². The molecule has 1 heterocycles. The number of rotatable bonds is 4. The van der Waals surface area contributed by atoms with Crippen LogP contribution in [0, 0.1) is 12.8 Å². The van der Waals surface area contributed by atoms with Crippen LogP contribution in [0.3, 0.4) is 0 Å². The molecule has 0 unspecified atom stereocenters. The van der Waals surface area contributed by atoms with Gasteiger partial charge in [0.15, 0.2) is 5.78 Å². The third kappa shape index (κ3) is 3.40. The summed E-state index contributed by atoms with van der Waals surface area (Å²) in [6.45, 7) is 4.79. The molecule has 0 spiro atoms. The third-order valence-electron chi connectivity index (χ3n) is 2.19. The van der Waals surface area contributed by atoms with Gasteiger partial charge in [0.2, 0.25) is 0 Å². The number of carbonyl (C=O) groups is 1. The van der Waals surface area contributed by atoms with Gasteiger partial charge in [0, 0.05) is 21.8 Å². The van der Waals surface area contributed by atoms with Crippen molar-refractivity contribution in [3.05, 3.63) is 20.3 Å². The van der Waals surface area contributed by atoms with E-state index in [-0.39, 0.29) is 11.7 Å². The zero-order valence-corrected chi connectivity index (χ0v) is 11.9. The molecular formula is C11H16BrNOS. The van der Waals surface area contributed by atoms with Gasteiger partial charge in [-0.3, -0.25) is 4.79 Å². The Morgan fingerprint density at radius 1 is 1.60 bits per heavy atom. The molecule has 0 bridgehead atoms. The van der Waals surface area contributed by atoms with E-state index in [4.69, 9.17) is 0 Å². The fourth-order valence-corrected chi connectivity index (χ4v) is 3.04. The highest BCUT2D eigenvalue weighted by Crippen LogP contribution is 2.28. The van der Waals surface area contributed by atoms with E-state index in [9.17, 15) is 4.79 Å². The van der Waals surface area contributed by atoms with Crippen molar-refractivity contribution in [1.82, 2.24) is 4.90 Å². The summed E-state index contributed by atoms with van der Waals surface area (Å²) in [6, 6.07) is 1.93. The van der Waals surface area contributed by atoms with Crippen molar-refractivity contribution in [2.45, 2.75) is 13.8 Å². The van der Waals surface area contributed by atoms with Crippen molar-refractivity contribution in [1.29, 1.82) is 0 Å². The molecule has 84 valence electrons. The standard InChI is InChI=1S/C11H16BrNOS/c1-7(6-13(3)4)11(14)10-5-9(12)8(2)15-10/h5,7H,6H2,1-4H3/t7-/m0/s1. The minimum absolute atomic E-state index is 0.0601. The number of aryl methyl sites for hydroxylation is 1. The molecule has 0 aliphatic heterocycles. The molecule has 0 amide bonds. The summed E-state index contributed by atoms with van der Waals surface area (Å²) in [4.78, 5) is 16.1. The van der Waals surface area contributed by atoms with E-state index in [1.807, 2.05) is 38.9 Å². The molecule has 0 radical (unpaired) electrons. The normalized spacial score (nSPS) is 13.2. The van der Waals surface area contributed by atoms with Crippen LogP contribution in [0.15, 0.2) is 10.5 Å². The monoisotopic (exact) mass is 289 g/mol. The van der Waals surface area contributed by atoms with Gasteiger partial charge in [0.25, 0.3) is 0 Å². The van der Waals surface area contributed by atoms with Gasteiger partial charge in [-0.2, -0.15) is 0 Å². The molecule has 1 aromatic rings. The van der Waals surface area contributed by atoms with Gasteiger partial charge in [-0.15, -0.1) is 11.3 Å². The van der Waals surface area contributed by atoms with Crippen molar-refractivity contribution in [2.24, 2.45) is 5.92 Å². The number of nitrogens with zero attached hydrogens (tertiary/aromatic N) is 1. The first-order chi connectivity index (χ1) is 6.91. The largest absolute Gasteiger partial charge is 0.309 e. The second-order valence-corrected chi connectivity index (χ2v) is 6.15. The SMILES string of the molecule is Cc1sc(C(=O)[C@@H](C)CN(C)C)cc1Br. The lowest BCUT2D eigenvalue weighted by Crippen LogP contribution is -2.25. The Morgan fingerprint density at radius 3 is 2.60 bits per heavy atom. The van der Waals surface area contributed by atoms with Crippen LogP contribution in [0.25, 0.3) is 0 Å². The number of Topliss-reactive ketones (excluding diaryl/α,β-unsaturated/α-hetero) is 1. The number of carbonyl (C=O) groups excluding carboxylic acids is 1. The van der Waals surface area contributed by atoms with E-state index in [1.165, 1.54) is 0 Å². The molecule has 0 aromatic carbocycles. The first kappa shape index (κ1) is 12.9. The predicted molar refractivity (Wildman–Crippen MR) is 68.8 cm³/mol. The summed E-state index contributed by atoms with van der Waals surface area (Å²) in [5.74, 6) is 0.299. The topological polar surface area (TPSA) is 20.3 Å². The first-order valence-corrected chi connectivity index (χ1v) is 6.47. The Morgan fingerprint density at radius 2 is 2.20 bits per heavy atom. The van der Waals surface area contributed by atoms with Crippen LogP contribution in [-0.2, 0) is 0 Å². The van der Waals surface area contributed by atoms with Crippen molar-refractivity contribution < 1.29 is 4.79 Å². The smallest absolute Gasteiger partial charge is 0.176 e. The average molecular weight is 290 g/mol. The van der Waals surface area contributed by atoms with Crippen LogP contribution in [-0.4, -0.2) is 31.3 Å². The van der Waals surface area contributed by atoms with Crippen LogP contribution in [0.5, 0.6) is 0 Å². The predicted octanol–water partition coefficient (Wildman–Crippen LogP) is 3.20. The highest BCUT2D eigenvalue weighted by molar-refractivity contribution is 9.10. The van der Waals surface area contributed by atoms with Crippen LogP contribution in [0.2, 0.25) is 0 Å². The zero-order chi connectivity index (χ0) is 11.6. The quantitative estimate of drug-likeness (QED) is 0.794. The maximum atomic E-state index is 12.0. The van der Waals surface area contributed by atoms with Gasteiger partial charge < -0.3 is 4.90 Å². The summed E-state index contributed by atoms with van der Waals surface area (Å²) in [6.07, 6.45) is 0. The van der Waals surface area contributed by atoms with E-state index < -0.39 is 0 Å². The average Bonchev–Trinajstić information content (AvgIpc) is 2.44. The fourth-order valence-electron chi connectivity index (χ4n) is 1.45. The third-order valence-corrected chi connectivity index (χ3v) is 4.34. The molecular weight excluding hydrogens is 274 g/mol. The summed E-state index contributed by atoms with van der Waals surface area (Å²) in [7, 11) is 3.97. The maximum Gasteiger partial charge on any atom is 0.176 e. The first-order valence-electron chi connectivity index (χ1n) is 4.86. The minimum Gasteiger partial charge on any atom is -0.309 e. The van der Waals surface area contributed by atoms with Gasteiger partial charge in [-0.25, -0.2) is 0 Å². The maximum absolute atomic E-state index is 12.0. The van der Waals surface area contributed by atoms with Crippen molar-refractivity contribution in [3.8, 4) is 0 Å². The Hall–Kier alpha value is -0.190. The molecule has 1 aromatic heterocycles. The molecule has 0 aliphatic carbocycles. The Bertz CT molecular complexity index is 340. The van der Waals surface area contributed by atoms with E-state index in [0.29, 0.717) is 0 Å². The molecule has 0 N–H and O–H groups in total. The highest BCUT2D eigenvalue weighted by Gasteiger charge is 2.18. The molecule has 1 atom stereocenters. The van der Waals surface area contributed by atoms with Crippen molar-refractivity contribution in [3.63, 3.8) is 0 Å². The van der Waals surface area contributed by atoms with E-state index in [1.54, 1.807) is 11.3 Å². The van der Waals surface area contributed by atoms with E-state index in [2.05, 4.69) is 15.9 Å². The molecule has 0 fully saturated rings. The Balaban J connectivity index is 2.76. The van der Waals surface area contributed by atoms with Gasteiger partial charge in [-0.05, 0) is 43.0 Å². The highest BCUT2D eigenvalue weighted by atomic mass is 79.9. The van der Waals surface area contributed by atoms with Gasteiger partial charge in [-0.1, -0.05) is 6.92 Å². The molecule has 4 heteroatoms. The summed E-state index contributed by atoms with van der Waals surface area (Å²) < 4.78 is 1.04. The van der Waals surface area contributed by atoms with Gasteiger partial charge >= 0.3 is 0 Å². The molecule has 15 heavy (non-hydrogen) atoms. The number of halogens is 1. The lowest BCUT2D eigenvalue weighted by molar-refractivity contribution is 0.0914. The number of ketones is 1. The molecule has 0 saturated carbocycles. The van der Waals surface area contributed by atoms with E-state index >= 15 is 0 Å². The summed E-state index contributed by atoms with van der Waals surface area (Å²) >= 11 is 5.00. The number of hydrogen-bond donors (Lipinski definition) is 0. The number of thiophene rings is 1. The number of hydrogen-bond acceptors (Lipinski definition) is 3. The minimum atomic E-state index is 0.0601.